The van der Waals surface area contributed by atoms with Gasteiger partial charge in [-0.2, -0.15) is 0 Å². The third-order valence-electron chi connectivity index (χ3n) is 5.99. The first-order chi connectivity index (χ1) is 14.2. The smallest absolute Gasteiger partial charge is 0.148 e. The fourth-order valence-corrected chi connectivity index (χ4v) is 4.27. The number of hydrogen-bond donors (Lipinski definition) is 2. The van der Waals surface area contributed by atoms with Crippen LogP contribution in [-0.2, 0) is 0 Å². The summed E-state index contributed by atoms with van der Waals surface area (Å²) in [6.45, 7) is 10.4. The maximum atomic E-state index is 6.05. The average Bonchev–Trinajstić information content (AvgIpc) is 3.39. The Morgan fingerprint density at radius 2 is 2.10 bits per heavy atom. The number of aliphatic imine (C=N–C) groups is 2. The number of likely N-dealkylation sites (tertiary alicyclic amines) is 1. The predicted octanol–water partition coefficient (Wildman–Crippen LogP) is 4.31. The summed E-state index contributed by atoms with van der Waals surface area (Å²) < 4.78 is 0. The lowest BCUT2D eigenvalue weighted by Crippen LogP contribution is -2.26. The van der Waals surface area contributed by atoms with Crippen LogP contribution in [-0.4, -0.2) is 43.5 Å². The highest BCUT2D eigenvalue weighted by Crippen LogP contribution is 2.27. The van der Waals surface area contributed by atoms with Crippen LogP contribution in [0.1, 0.15) is 58.3 Å². The van der Waals surface area contributed by atoms with Crippen molar-refractivity contribution in [2.24, 2.45) is 21.6 Å². The number of hydrogen-bond acceptors (Lipinski definition) is 5. The van der Waals surface area contributed by atoms with Crippen molar-refractivity contribution in [2.75, 3.05) is 26.2 Å². The van der Waals surface area contributed by atoms with E-state index in [0.717, 1.165) is 37.2 Å². The van der Waals surface area contributed by atoms with Crippen LogP contribution in [0.5, 0.6) is 0 Å². The second-order valence-corrected chi connectivity index (χ2v) is 8.34. The van der Waals surface area contributed by atoms with E-state index in [4.69, 9.17) is 10.7 Å². The minimum atomic E-state index is 0.419. The van der Waals surface area contributed by atoms with Gasteiger partial charge in [-0.05, 0) is 62.6 Å². The molecule has 158 valence electrons. The zero-order chi connectivity index (χ0) is 20.5. The van der Waals surface area contributed by atoms with Gasteiger partial charge in [0.2, 0.25) is 0 Å². The number of allylic oxidation sites excluding steroid dienone is 4. The van der Waals surface area contributed by atoms with Crippen LogP contribution in [0.4, 0.5) is 0 Å². The van der Waals surface area contributed by atoms with Crippen LogP contribution >= 0.6 is 0 Å². The van der Waals surface area contributed by atoms with Gasteiger partial charge in [-0.1, -0.05) is 44.4 Å². The van der Waals surface area contributed by atoms with E-state index < -0.39 is 0 Å². The van der Waals surface area contributed by atoms with Crippen molar-refractivity contribution in [3.8, 4) is 0 Å². The van der Waals surface area contributed by atoms with Crippen molar-refractivity contribution < 1.29 is 0 Å². The van der Waals surface area contributed by atoms with Gasteiger partial charge in [0.15, 0.2) is 0 Å². The molecule has 1 atom stereocenters. The van der Waals surface area contributed by atoms with Crippen LogP contribution in [0.3, 0.4) is 0 Å². The highest BCUT2D eigenvalue weighted by molar-refractivity contribution is 6.14. The lowest BCUT2D eigenvalue weighted by Gasteiger charge is -2.22. The summed E-state index contributed by atoms with van der Waals surface area (Å²) in [6, 6.07) is 0. The van der Waals surface area contributed by atoms with Gasteiger partial charge in [-0.15, -0.1) is 0 Å². The Morgan fingerprint density at radius 3 is 2.79 bits per heavy atom. The maximum Gasteiger partial charge on any atom is 0.148 e. The molecule has 0 saturated carbocycles. The number of unbranched alkanes of at least 4 members (excludes halogenated alkanes) is 3. The summed E-state index contributed by atoms with van der Waals surface area (Å²) in [4.78, 5) is 11.4. The maximum absolute atomic E-state index is 6.05. The molecule has 0 aromatic rings. The molecule has 3 rings (SSSR count). The molecule has 2 heterocycles. The van der Waals surface area contributed by atoms with Crippen molar-refractivity contribution in [3.05, 3.63) is 47.1 Å². The molecule has 5 heteroatoms. The summed E-state index contributed by atoms with van der Waals surface area (Å²) in [5.41, 5.74) is 10.4. The van der Waals surface area contributed by atoms with Crippen molar-refractivity contribution >= 4 is 12.4 Å². The van der Waals surface area contributed by atoms with E-state index in [1.165, 1.54) is 62.9 Å². The lowest BCUT2D eigenvalue weighted by molar-refractivity contribution is 0.302. The summed E-state index contributed by atoms with van der Waals surface area (Å²) >= 11 is 0. The molecule has 3 N–H and O–H groups in total. The Labute approximate surface area is 176 Å². The molecule has 2 aliphatic heterocycles. The molecule has 0 bridgehead atoms. The molecule has 1 saturated heterocycles. The molecular weight excluding hydrogens is 358 g/mol. The highest BCUT2D eigenvalue weighted by atomic mass is 15.1. The van der Waals surface area contributed by atoms with Gasteiger partial charge in [0, 0.05) is 25.7 Å². The molecule has 0 aromatic carbocycles. The average molecular weight is 396 g/mol. The van der Waals surface area contributed by atoms with Gasteiger partial charge >= 0.3 is 0 Å². The number of nitrogens with one attached hydrogen (secondary N) is 1. The van der Waals surface area contributed by atoms with Crippen LogP contribution in [0.15, 0.2) is 57.1 Å². The van der Waals surface area contributed by atoms with E-state index in [-0.39, 0.29) is 0 Å². The van der Waals surface area contributed by atoms with Crippen LogP contribution in [0.2, 0.25) is 0 Å². The standard InChI is InChI=1S/C24H37N5/c1-3-4-5-6-13-27-22-21(17-28-23(22)24(25)26-2)16-19-9-11-20(12-10-19)18-29-14-7-8-15-29/h9-11,17,20,28H,2-8,12-16,18,25H2,1H3/b24-23+,27-22-. The Balaban J connectivity index is 1.59. The Hall–Kier alpha value is -2.14. The van der Waals surface area contributed by atoms with E-state index >= 15 is 0 Å². The van der Waals surface area contributed by atoms with E-state index in [9.17, 15) is 0 Å². The fraction of sp³-hybridized carbons (Fsp3) is 0.583. The third-order valence-corrected chi connectivity index (χ3v) is 5.99. The SMILES string of the molecule is C=N/C(N)=C1/NC=C(CC2=CCC(CN3CCCC3)C=C2)/C1=N/CCCCCC. The summed E-state index contributed by atoms with van der Waals surface area (Å²) in [5, 5.41) is 3.28. The number of rotatable bonds is 10. The Kier molecular flexibility index (Phi) is 8.29. The molecule has 0 aromatic heterocycles. The Morgan fingerprint density at radius 1 is 1.28 bits per heavy atom. The first-order valence-electron chi connectivity index (χ1n) is 11.3. The largest absolute Gasteiger partial charge is 0.382 e. The predicted molar refractivity (Wildman–Crippen MR) is 124 cm³/mol. The van der Waals surface area contributed by atoms with Crippen molar-refractivity contribution in [3.63, 3.8) is 0 Å². The third kappa shape index (κ3) is 6.17. The van der Waals surface area contributed by atoms with Crippen molar-refractivity contribution in [1.82, 2.24) is 10.2 Å². The molecule has 1 fully saturated rings. The first-order valence-corrected chi connectivity index (χ1v) is 11.3. The van der Waals surface area contributed by atoms with Crippen LogP contribution < -0.4 is 11.1 Å². The van der Waals surface area contributed by atoms with E-state index in [1.54, 1.807) is 0 Å². The van der Waals surface area contributed by atoms with Gasteiger partial charge < -0.3 is 16.0 Å². The van der Waals surface area contributed by atoms with Crippen LogP contribution in [0, 0.1) is 5.92 Å². The highest BCUT2D eigenvalue weighted by Gasteiger charge is 2.23. The molecule has 1 aliphatic carbocycles. The minimum absolute atomic E-state index is 0.419. The van der Waals surface area contributed by atoms with E-state index in [1.807, 2.05) is 6.20 Å². The van der Waals surface area contributed by atoms with Crippen molar-refractivity contribution in [2.45, 2.75) is 58.3 Å². The van der Waals surface area contributed by atoms with E-state index in [2.05, 4.69) is 47.1 Å². The summed E-state index contributed by atoms with van der Waals surface area (Å²) in [6.07, 6.45) is 18.7. The quantitative estimate of drug-likeness (QED) is 0.428. The van der Waals surface area contributed by atoms with Gasteiger partial charge in [0.25, 0.3) is 0 Å². The minimum Gasteiger partial charge on any atom is -0.382 e. The molecular formula is C24H37N5. The van der Waals surface area contributed by atoms with E-state index in [0.29, 0.717) is 11.7 Å². The number of nitrogens with zero attached hydrogens (tertiary/aromatic N) is 3. The fourth-order valence-electron chi connectivity index (χ4n) is 4.27. The molecule has 0 spiro atoms. The molecule has 1 unspecified atom stereocenters. The first kappa shape index (κ1) is 21.6. The second-order valence-electron chi connectivity index (χ2n) is 8.34. The summed E-state index contributed by atoms with van der Waals surface area (Å²) in [7, 11) is 0. The zero-order valence-electron chi connectivity index (χ0n) is 18.0. The molecule has 0 amide bonds. The van der Waals surface area contributed by atoms with Crippen molar-refractivity contribution in [1.29, 1.82) is 0 Å². The van der Waals surface area contributed by atoms with Gasteiger partial charge in [-0.3, -0.25) is 4.99 Å². The second kappa shape index (κ2) is 11.1. The zero-order valence-corrected chi connectivity index (χ0v) is 18.0. The Bertz CT molecular complexity index is 720. The molecule has 0 radical (unpaired) electrons. The topological polar surface area (TPSA) is 66.0 Å². The molecule has 3 aliphatic rings. The van der Waals surface area contributed by atoms with Gasteiger partial charge in [0.05, 0.1) is 5.71 Å². The lowest BCUT2D eigenvalue weighted by atomic mass is 9.92. The van der Waals surface area contributed by atoms with Gasteiger partial charge in [-0.25, -0.2) is 4.99 Å². The molecule has 5 nitrogen and oxygen atoms in total. The number of nitrogens with two attached hydrogens (primary N) is 1. The normalized spacial score (nSPS) is 25.1. The molecule has 29 heavy (non-hydrogen) atoms. The van der Waals surface area contributed by atoms with Crippen LogP contribution in [0.25, 0.3) is 0 Å². The van der Waals surface area contributed by atoms with Gasteiger partial charge in [0.1, 0.15) is 11.5 Å². The summed E-state index contributed by atoms with van der Waals surface area (Å²) in [5.74, 6) is 1.07. The monoisotopic (exact) mass is 395 g/mol.